The van der Waals surface area contributed by atoms with Crippen molar-refractivity contribution >= 4 is 5.82 Å². The van der Waals surface area contributed by atoms with Gasteiger partial charge in [0.2, 0.25) is 0 Å². The van der Waals surface area contributed by atoms with E-state index >= 15 is 0 Å². The first-order chi connectivity index (χ1) is 9.24. The first-order valence-electron chi connectivity index (χ1n) is 7.05. The molecule has 2 heterocycles. The summed E-state index contributed by atoms with van der Waals surface area (Å²) in [5.74, 6) is -0.869. The number of hydrogen-bond donors (Lipinski definition) is 1. The molecule has 1 atom stereocenters. The summed E-state index contributed by atoms with van der Waals surface area (Å²) in [6.45, 7) is 1.79. The zero-order chi connectivity index (χ0) is 13.2. The summed E-state index contributed by atoms with van der Waals surface area (Å²) in [4.78, 5) is 5.96. The van der Waals surface area contributed by atoms with Crippen LogP contribution < -0.4 is 10.2 Å². The number of piperidine rings is 1. The van der Waals surface area contributed by atoms with Crippen LogP contribution in [0.4, 0.5) is 14.6 Å². The SMILES string of the molecule is Fc1cnc(N(CC2CCCCN2)C2CC2)c(F)c1. The highest BCUT2D eigenvalue weighted by Gasteiger charge is 2.33. The molecule has 1 aliphatic heterocycles. The van der Waals surface area contributed by atoms with Crippen LogP contribution >= 0.6 is 0 Å². The Bertz CT molecular complexity index is 442. The van der Waals surface area contributed by atoms with E-state index in [1.807, 2.05) is 4.90 Å². The summed E-state index contributed by atoms with van der Waals surface area (Å²) in [5.41, 5.74) is 0. The number of nitrogens with zero attached hydrogens (tertiary/aromatic N) is 2. The van der Waals surface area contributed by atoms with Crippen LogP contribution in [0.5, 0.6) is 0 Å². The lowest BCUT2D eigenvalue weighted by atomic mass is 10.0. The second kappa shape index (κ2) is 5.41. The summed E-state index contributed by atoms with van der Waals surface area (Å²) in [5, 5.41) is 3.47. The molecule has 3 nitrogen and oxygen atoms in total. The maximum Gasteiger partial charge on any atom is 0.168 e. The Labute approximate surface area is 112 Å². The predicted octanol–water partition coefficient (Wildman–Crippen LogP) is 2.47. The van der Waals surface area contributed by atoms with Crippen molar-refractivity contribution in [1.29, 1.82) is 0 Å². The van der Waals surface area contributed by atoms with E-state index in [0.717, 1.165) is 44.6 Å². The molecule has 0 spiro atoms. The van der Waals surface area contributed by atoms with Gasteiger partial charge in [-0.05, 0) is 32.2 Å². The maximum absolute atomic E-state index is 13.9. The number of halogens is 2. The van der Waals surface area contributed by atoms with E-state index in [0.29, 0.717) is 17.9 Å². The number of anilines is 1. The van der Waals surface area contributed by atoms with E-state index in [-0.39, 0.29) is 0 Å². The number of aromatic nitrogens is 1. The topological polar surface area (TPSA) is 28.2 Å². The van der Waals surface area contributed by atoms with Crippen molar-refractivity contribution < 1.29 is 8.78 Å². The van der Waals surface area contributed by atoms with Crippen LogP contribution in [0.15, 0.2) is 12.3 Å². The largest absolute Gasteiger partial charge is 0.350 e. The summed E-state index contributed by atoms with van der Waals surface area (Å²) >= 11 is 0. The van der Waals surface area contributed by atoms with Gasteiger partial charge < -0.3 is 10.2 Å². The fourth-order valence-corrected chi connectivity index (χ4v) is 2.73. The van der Waals surface area contributed by atoms with Crippen LogP contribution in [0, 0.1) is 11.6 Å². The molecule has 0 radical (unpaired) electrons. The van der Waals surface area contributed by atoms with E-state index < -0.39 is 11.6 Å². The van der Waals surface area contributed by atoms with Crippen molar-refractivity contribution in [2.24, 2.45) is 0 Å². The molecule has 3 rings (SSSR count). The lowest BCUT2D eigenvalue weighted by Gasteiger charge is -2.31. The van der Waals surface area contributed by atoms with Crippen molar-refractivity contribution in [3.05, 3.63) is 23.9 Å². The Morgan fingerprint density at radius 1 is 1.26 bits per heavy atom. The highest BCUT2D eigenvalue weighted by atomic mass is 19.1. The molecular weight excluding hydrogens is 248 g/mol. The van der Waals surface area contributed by atoms with Crippen LogP contribution in [0.25, 0.3) is 0 Å². The molecule has 104 valence electrons. The normalized spacial score (nSPS) is 23.4. The Hall–Kier alpha value is -1.23. The van der Waals surface area contributed by atoms with Crippen molar-refractivity contribution in [1.82, 2.24) is 10.3 Å². The molecule has 0 aromatic carbocycles. The molecule has 2 aliphatic rings. The van der Waals surface area contributed by atoms with E-state index in [9.17, 15) is 8.78 Å². The van der Waals surface area contributed by atoms with Crippen LogP contribution in [-0.2, 0) is 0 Å². The van der Waals surface area contributed by atoms with Crippen LogP contribution in [0.2, 0.25) is 0 Å². The van der Waals surface area contributed by atoms with Crippen molar-refractivity contribution in [3.8, 4) is 0 Å². The van der Waals surface area contributed by atoms with E-state index in [4.69, 9.17) is 0 Å². The van der Waals surface area contributed by atoms with Gasteiger partial charge >= 0.3 is 0 Å². The Kier molecular flexibility index (Phi) is 3.64. The van der Waals surface area contributed by atoms with Crippen molar-refractivity contribution in [3.63, 3.8) is 0 Å². The smallest absolute Gasteiger partial charge is 0.168 e. The number of hydrogen-bond acceptors (Lipinski definition) is 3. The molecule has 1 aromatic heterocycles. The summed E-state index contributed by atoms with van der Waals surface area (Å²) in [6, 6.07) is 1.68. The van der Waals surface area contributed by atoms with Gasteiger partial charge in [0.25, 0.3) is 0 Å². The number of nitrogens with one attached hydrogen (secondary N) is 1. The minimum absolute atomic E-state index is 0.302. The van der Waals surface area contributed by atoms with Gasteiger partial charge in [-0.3, -0.25) is 0 Å². The van der Waals surface area contributed by atoms with Gasteiger partial charge in [0.1, 0.15) is 5.82 Å². The van der Waals surface area contributed by atoms with Crippen molar-refractivity contribution in [2.45, 2.75) is 44.2 Å². The minimum atomic E-state index is -0.618. The zero-order valence-corrected chi connectivity index (χ0v) is 10.9. The molecule has 0 amide bonds. The van der Waals surface area contributed by atoms with Gasteiger partial charge in [0.05, 0.1) is 6.20 Å². The minimum Gasteiger partial charge on any atom is -0.350 e. The third-order valence-corrected chi connectivity index (χ3v) is 3.88. The number of pyridine rings is 1. The predicted molar refractivity (Wildman–Crippen MR) is 70.2 cm³/mol. The third-order valence-electron chi connectivity index (χ3n) is 3.88. The lowest BCUT2D eigenvalue weighted by molar-refractivity contribution is 0.396. The van der Waals surface area contributed by atoms with Gasteiger partial charge in [0.15, 0.2) is 11.6 Å². The average molecular weight is 267 g/mol. The van der Waals surface area contributed by atoms with Gasteiger partial charge in [-0.1, -0.05) is 6.42 Å². The van der Waals surface area contributed by atoms with E-state index in [2.05, 4.69) is 10.3 Å². The molecule has 1 saturated carbocycles. The van der Waals surface area contributed by atoms with Gasteiger partial charge in [-0.2, -0.15) is 0 Å². The number of rotatable bonds is 4. The zero-order valence-electron chi connectivity index (χ0n) is 10.9. The molecule has 2 fully saturated rings. The first-order valence-corrected chi connectivity index (χ1v) is 7.05. The monoisotopic (exact) mass is 267 g/mol. The summed E-state index contributed by atoms with van der Waals surface area (Å²) in [6.07, 6.45) is 6.79. The second-order valence-corrected chi connectivity index (χ2v) is 5.49. The fourth-order valence-electron chi connectivity index (χ4n) is 2.73. The fraction of sp³-hybridized carbons (Fsp3) is 0.643. The van der Waals surface area contributed by atoms with Gasteiger partial charge in [-0.25, -0.2) is 13.8 Å². The standard InChI is InChI=1S/C14H19F2N3/c15-10-7-13(16)14(18-8-10)19(12-4-5-12)9-11-3-1-2-6-17-11/h7-8,11-12,17H,1-6,9H2. The molecule has 1 N–H and O–H groups in total. The van der Waals surface area contributed by atoms with Crippen LogP contribution in [0.3, 0.4) is 0 Å². The molecular formula is C14H19F2N3. The highest BCUT2D eigenvalue weighted by molar-refractivity contribution is 5.43. The Morgan fingerprint density at radius 3 is 2.74 bits per heavy atom. The lowest BCUT2D eigenvalue weighted by Crippen LogP contribution is -2.45. The highest BCUT2D eigenvalue weighted by Crippen LogP contribution is 2.32. The quantitative estimate of drug-likeness (QED) is 0.908. The molecule has 1 saturated heterocycles. The second-order valence-electron chi connectivity index (χ2n) is 5.49. The van der Waals surface area contributed by atoms with Crippen molar-refractivity contribution in [2.75, 3.05) is 18.0 Å². The van der Waals surface area contributed by atoms with Gasteiger partial charge in [-0.15, -0.1) is 0 Å². The molecule has 1 aromatic rings. The molecule has 0 bridgehead atoms. The average Bonchev–Trinajstić information content (AvgIpc) is 3.22. The van der Waals surface area contributed by atoms with Gasteiger partial charge in [0, 0.05) is 24.7 Å². The van der Waals surface area contributed by atoms with E-state index in [1.165, 1.54) is 12.8 Å². The third kappa shape index (κ3) is 3.03. The molecule has 1 unspecified atom stereocenters. The maximum atomic E-state index is 13.9. The summed E-state index contributed by atoms with van der Waals surface area (Å²) < 4.78 is 26.8. The van der Waals surface area contributed by atoms with E-state index in [1.54, 1.807) is 0 Å². The summed E-state index contributed by atoms with van der Waals surface area (Å²) in [7, 11) is 0. The van der Waals surface area contributed by atoms with Crippen LogP contribution in [-0.4, -0.2) is 30.2 Å². The first kappa shape index (κ1) is 12.8. The Balaban J connectivity index is 1.76. The Morgan fingerprint density at radius 2 is 2.11 bits per heavy atom. The van der Waals surface area contributed by atoms with Crippen LogP contribution in [0.1, 0.15) is 32.1 Å². The molecule has 19 heavy (non-hydrogen) atoms. The molecule has 1 aliphatic carbocycles. The molecule has 5 heteroatoms.